The molecule has 0 bridgehead atoms. The number of carbonyl (C=O) groups is 2. The van der Waals surface area contributed by atoms with Crippen molar-refractivity contribution in [3.63, 3.8) is 0 Å². The van der Waals surface area contributed by atoms with Gasteiger partial charge in [0.05, 0.1) is 17.4 Å². The van der Waals surface area contributed by atoms with Gasteiger partial charge in [-0.15, -0.1) is 0 Å². The summed E-state index contributed by atoms with van der Waals surface area (Å²) in [6.07, 6.45) is 5.15. The number of amides is 1. The van der Waals surface area contributed by atoms with Crippen LogP contribution in [0, 0.1) is 0 Å². The van der Waals surface area contributed by atoms with E-state index in [2.05, 4.69) is 15.5 Å². The van der Waals surface area contributed by atoms with Crippen LogP contribution in [0.25, 0.3) is 10.9 Å². The maximum atomic E-state index is 11.6. The molecule has 0 aliphatic carbocycles. The van der Waals surface area contributed by atoms with E-state index >= 15 is 0 Å². The second kappa shape index (κ2) is 9.39. The molecular formula is C18H21N3O3. The molecule has 0 spiro atoms. The zero-order valence-electron chi connectivity index (χ0n) is 13.4. The molecule has 1 amide bonds. The highest BCUT2D eigenvalue weighted by Crippen LogP contribution is 2.10. The highest BCUT2D eigenvalue weighted by atomic mass is 16.4. The molecule has 0 saturated carbocycles. The minimum absolute atomic E-state index is 0.148. The fourth-order valence-corrected chi connectivity index (χ4v) is 2.30. The number of carbonyl (C=O) groups excluding carboxylic acids is 1. The Labute approximate surface area is 140 Å². The predicted octanol–water partition coefficient (Wildman–Crippen LogP) is 3.11. The molecule has 1 aromatic heterocycles. The van der Waals surface area contributed by atoms with Gasteiger partial charge in [-0.2, -0.15) is 5.10 Å². The van der Waals surface area contributed by atoms with E-state index in [1.807, 2.05) is 36.4 Å². The van der Waals surface area contributed by atoms with Crippen molar-refractivity contribution >= 4 is 29.0 Å². The molecule has 0 aliphatic rings. The zero-order chi connectivity index (χ0) is 17.2. The van der Waals surface area contributed by atoms with Gasteiger partial charge < -0.3 is 5.11 Å². The average molecular weight is 327 g/mol. The third-order valence-electron chi connectivity index (χ3n) is 3.55. The van der Waals surface area contributed by atoms with Crippen molar-refractivity contribution in [2.24, 2.45) is 5.10 Å². The highest BCUT2D eigenvalue weighted by Gasteiger charge is 2.01. The second-order valence-electron chi connectivity index (χ2n) is 5.53. The topological polar surface area (TPSA) is 91.6 Å². The summed E-state index contributed by atoms with van der Waals surface area (Å²) in [6, 6.07) is 11.6. The number of carboxylic acids is 1. The largest absolute Gasteiger partial charge is 0.481 e. The van der Waals surface area contributed by atoms with Gasteiger partial charge in [0, 0.05) is 18.2 Å². The number of benzene rings is 1. The molecule has 1 heterocycles. The number of para-hydroxylation sites is 1. The SMILES string of the molecule is O=C(O)CCCCCCC(=O)N/N=C/c1ccc2ccccc2n1. The number of fused-ring (bicyclic) bond motifs is 1. The normalized spacial score (nSPS) is 11.0. The molecule has 2 aromatic rings. The molecule has 0 fully saturated rings. The van der Waals surface area contributed by atoms with Crippen molar-refractivity contribution in [1.29, 1.82) is 0 Å². The molecule has 1 aromatic carbocycles. The fraction of sp³-hybridized carbons (Fsp3) is 0.333. The number of hydrogen-bond acceptors (Lipinski definition) is 4. The number of carboxylic acid groups (broad SMARTS) is 1. The number of rotatable bonds is 9. The molecule has 0 saturated heterocycles. The maximum Gasteiger partial charge on any atom is 0.303 e. The lowest BCUT2D eigenvalue weighted by molar-refractivity contribution is -0.137. The summed E-state index contributed by atoms with van der Waals surface area (Å²) in [5.41, 5.74) is 4.05. The summed E-state index contributed by atoms with van der Waals surface area (Å²) in [6.45, 7) is 0. The van der Waals surface area contributed by atoms with Crippen LogP contribution >= 0.6 is 0 Å². The van der Waals surface area contributed by atoms with Gasteiger partial charge in [-0.05, 0) is 25.0 Å². The Bertz CT molecular complexity index is 728. The molecule has 2 rings (SSSR count). The van der Waals surface area contributed by atoms with Gasteiger partial charge in [0.25, 0.3) is 0 Å². The number of nitrogens with one attached hydrogen (secondary N) is 1. The molecule has 0 unspecified atom stereocenters. The molecule has 24 heavy (non-hydrogen) atoms. The molecule has 0 radical (unpaired) electrons. The average Bonchev–Trinajstić information content (AvgIpc) is 2.57. The lowest BCUT2D eigenvalue weighted by Gasteiger charge is -2.01. The lowest BCUT2D eigenvalue weighted by atomic mass is 10.1. The number of aliphatic carboxylic acids is 1. The van der Waals surface area contributed by atoms with Crippen LogP contribution in [0.5, 0.6) is 0 Å². The van der Waals surface area contributed by atoms with E-state index in [-0.39, 0.29) is 12.3 Å². The standard InChI is InChI=1S/C18H21N3O3/c22-17(9-3-1-2-4-10-18(23)24)21-19-13-15-12-11-14-7-5-6-8-16(14)20-15/h5-8,11-13H,1-4,9-10H2,(H,21,22)(H,23,24)/b19-13+. The van der Waals surface area contributed by atoms with Crippen molar-refractivity contribution < 1.29 is 14.7 Å². The van der Waals surface area contributed by atoms with Crippen LogP contribution in [0.1, 0.15) is 44.2 Å². The fourth-order valence-electron chi connectivity index (χ4n) is 2.30. The van der Waals surface area contributed by atoms with E-state index in [4.69, 9.17) is 5.11 Å². The first kappa shape index (κ1) is 17.6. The number of pyridine rings is 1. The Morgan fingerprint density at radius 1 is 1.04 bits per heavy atom. The van der Waals surface area contributed by atoms with E-state index < -0.39 is 5.97 Å². The van der Waals surface area contributed by atoms with Gasteiger partial charge in [0.2, 0.25) is 5.91 Å². The maximum absolute atomic E-state index is 11.6. The van der Waals surface area contributed by atoms with Crippen molar-refractivity contribution in [1.82, 2.24) is 10.4 Å². The number of aromatic nitrogens is 1. The van der Waals surface area contributed by atoms with Crippen LogP contribution in [-0.2, 0) is 9.59 Å². The van der Waals surface area contributed by atoms with Crippen LogP contribution in [0.2, 0.25) is 0 Å². The Kier molecular flexibility index (Phi) is 6.89. The predicted molar refractivity (Wildman–Crippen MR) is 92.8 cm³/mol. The Morgan fingerprint density at radius 2 is 1.79 bits per heavy atom. The smallest absolute Gasteiger partial charge is 0.303 e. The summed E-state index contributed by atoms with van der Waals surface area (Å²) in [7, 11) is 0. The van der Waals surface area contributed by atoms with E-state index in [1.165, 1.54) is 6.21 Å². The first-order chi connectivity index (χ1) is 11.6. The number of hydrazone groups is 1. The van der Waals surface area contributed by atoms with Crippen molar-refractivity contribution in [2.75, 3.05) is 0 Å². The lowest BCUT2D eigenvalue weighted by Crippen LogP contribution is -2.17. The van der Waals surface area contributed by atoms with Crippen molar-refractivity contribution in [3.05, 3.63) is 42.1 Å². The van der Waals surface area contributed by atoms with E-state index in [0.717, 1.165) is 30.2 Å². The highest BCUT2D eigenvalue weighted by molar-refractivity contribution is 5.85. The molecule has 6 heteroatoms. The number of unbranched alkanes of at least 4 members (excludes halogenated alkanes) is 3. The van der Waals surface area contributed by atoms with E-state index in [1.54, 1.807) is 0 Å². The summed E-state index contributed by atoms with van der Waals surface area (Å²) in [5.74, 6) is -0.922. The Hall–Kier alpha value is -2.76. The van der Waals surface area contributed by atoms with Gasteiger partial charge >= 0.3 is 5.97 Å². The van der Waals surface area contributed by atoms with Gasteiger partial charge in [-0.3, -0.25) is 9.59 Å². The minimum atomic E-state index is -0.774. The molecule has 0 aliphatic heterocycles. The van der Waals surface area contributed by atoms with Gasteiger partial charge in [-0.25, -0.2) is 10.4 Å². The molecule has 2 N–H and O–H groups in total. The molecule has 6 nitrogen and oxygen atoms in total. The monoisotopic (exact) mass is 327 g/mol. The van der Waals surface area contributed by atoms with Crippen LogP contribution in [0.15, 0.2) is 41.5 Å². The summed E-state index contributed by atoms with van der Waals surface area (Å²) in [5, 5.41) is 13.5. The van der Waals surface area contributed by atoms with Crippen molar-refractivity contribution in [3.8, 4) is 0 Å². The van der Waals surface area contributed by atoms with Crippen LogP contribution in [-0.4, -0.2) is 28.2 Å². The zero-order valence-corrected chi connectivity index (χ0v) is 13.4. The van der Waals surface area contributed by atoms with E-state index in [0.29, 0.717) is 18.5 Å². The summed E-state index contributed by atoms with van der Waals surface area (Å²) in [4.78, 5) is 26.4. The quantitative estimate of drug-likeness (QED) is 0.420. The first-order valence-electron chi connectivity index (χ1n) is 8.04. The van der Waals surface area contributed by atoms with E-state index in [9.17, 15) is 9.59 Å². The van der Waals surface area contributed by atoms with Gasteiger partial charge in [0.1, 0.15) is 0 Å². The minimum Gasteiger partial charge on any atom is -0.481 e. The number of nitrogens with zero attached hydrogens (tertiary/aromatic N) is 2. The molecule has 126 valence electrons. The second-order valence-corrected chi connectivity index (χ2v) is 5.53. The van der Waals surface area contributed by atoms with Crippen LogP contribution < -0.4 is 5.43 Å². The summed E-state index contributed by atoms with van der Waals surface area (Å²) < 4.78 is 0. The Morgan fingerprint density at radius 3 is 2.58 bits per heavy atom. The number of hydrogen-bond donors (Lipinski definition) is 2. The van der Waals surface area contributed by atoms with Crippen LogP contribution in [0.3, 0.4) is 0 Å². The van der Waals surface area contributed by atoms with Crippen LogP contribution in [0.4, 0.5) is 0 Å². The third kappa shape index (κ3) is 6.16. The van der Waals surface area contributed by atoms with Gasteiger partial charge in [0.15, 0.2) is 0 Å². The molecule has 0 atom stereocenters. The first-order valence-corrected chi connectivity index (χ1v) is 8.04. The van der Waals surface area contributed by atoms with Crippen molar-refractivity contribution in [2.45, 2.75) is 38.5 Å². The summed E-state index contributed by atoms with van der Waals surface area (Å²) >= 11 is 0. The Balaban J connectivity index is 1.68. The van der Waals surface area contributed by atoms with Gasteiger partial charge in [-0.1, -0.05) is 37.1 Å². The third-order valence-corrected chi connectivity index (χ3v) is 3.55. The molecular weight excluding hydrogens is 306 g/mol.